The van der Waals surface area contributed by atoms with Crippen LogP contribution in [0.3, 0.4) is 0 Å². The van der Waals surface area contributed by atoms with Gasteiger partial charge in [-0.15, -0.1) is 6.58 Å². The van der Waals surface area contributed by atoms with Gasteiger partial charge in [-0.25, -0.2) is 8.78 Å². The van der Waals surface area contributed by atoms with Crippen LogP contribution in [0.2, 0.25) is 0 Å². The molecule has 4 N–H and O–H groups in total. The van der Waals surface area contributed by atoms with E-state index < -0.39 is 5.83 Å². The van der Waals surface area contributed by atoms with E-state index in [2.05, 4.69) is 85.8 Å². The molecule has 1 fully saturated rings. The molecule has 1 saturated heterocycles. The molecule has 3 rings (SSSR count). The van der Waals surface area contributed by atoms with Crippen molar-refractivity contribution >= 4 is 29.5 Å². The van der Waals surface area contributed by atoms with Crippen molar-refractivity contribution in [2.75, 3.05) is 60.5 Å². The van der Waals surface area contributed by atoms with Gasteiger partial charge in [-0.2, -0.15) is 0 Å². The molecule has 336 valence electrons. The van der Waals surface area contributed by atoms with Crippen LogP contribution in [0, 0.1) is 17.8 Å². The first-order valence-electron chi connectivity index (χ1n) is 22.1. The number of rotatable bonds is 26. The first kappa shape index (κ1) is 51.6. The van der Waals surface area contributed by atoms with E-state index in [1.165, 1.54) is 41.8 Å². The summed E-state index contributed by atoms with van der Waals surface area (Å²) in [5, 5.41) is 13.2. The fourth-order valence-corrected chi connectivity index (χ4v) is 7.32. The Labute approximate surface area is 377 Å². The summed E-state index contributed by atoms with van der Waals surface area (Å²) in [5.41, 5.74) is 6.06. The molecule has 0 aromatic heterocycles. The van der Waals surface area contributed by atoms with Crippen LogP contribution in [0.15, 0.2) is 131 Å². The Morgan fingerprint density at radius 1 is 1.03 bits per heavy atom. The molecule has 0 spiro atoms. The molecule has 2 aliphatic heterocycles. The topological polar surface area (TPSA) is 79.3 Å². The molecule has 2 aliphatic rings. The molecule has 0 aliphatic carbocycles. The third-order valence-electron chi connectivity index (χ3n) is 10.8. The average molecular weight is 870 g/mol. The fraction of sp³-hybridized carbons (Fsp3) is 0.451. The Balaban J connectivity index is 1.48. The maximum Gasteiger partial charge on any atom is 0.133 e. The van der Waals surface area contributed by atoms with Crippen LogP contribution < -0.4 is 21.3 Å². The monoisotopic (exact) mass is 869 g/mol. The van der Waals surface area contributed by atoms with Gasteiger partial charge in [0.2, 0.25) is 0 Å². The van der Waals surface area contributed by atoms with Crippen LogP contribution in [0.5, 0.6) is 0 Å². The van der Waals surface area contributed by atoms with Crippen molar-refractivity contribution in [3.8, 4) is 11.8 Å². The van der Waals surface area contributed by atoms with Gasteiger partial charge >= 0.3 is 0 Å². The standard InChI is InChI=1S/C51H71ClF2N8/c1-8-10-12-19-46(53)26-25-45(52)35-44(51(60-38-56-6)59-32-16-15-30-55-5)36-47(54)20-13-11-14-31-58-39-61-33-28-42(29-34-61)23-24-43-18-17-21-49-41(4)62(37-50(43)49)48(9-2)27-22-40(3)57-7/h8-10,12,17-19,21,25-26,35-36,38,42,48,55,57-58H,2-4,11,13-16,20,22,27-34,37,39H2,1,5-7H3,(H,56,59,60)/b10-8-,19-12-,44-35+,45-25-,46-26-,47-36+. The highest BCUT2D eigenvalue weighted by Gasteiger charge is 2.28. The number of hydrogen-bond donors (Lipinski definition) is 4. The normalized spacial score (nSPS) is 16.7. The Kier molecular flexibility index (Phi) is 25.2. The lowest BCUT2D eigenvalue weighted by atomic mass is 9.96. The first-order valence-corrected chi connectivity index (χ1v) is 22.5. The van der Waals surface area contributed by atoms with Crippen LogP contribution in [0.4, 0.5) is 8.78 Å². The summed E-state index contributed by atoms with van der Waals surface area (Å²) in [6.07, 6.45) is 24.3. The van der Waals surface area contributed by atoms with Gasteiger partial charge in [0.15, 0.2) is 0 Å². The quantitative estimate of drug-likeness (QED) is 0.0186. The van der Waals surface area contributed by atoms with Gasteiger partial charge in [-0.3, -0.25) is 14.9 Å². The minimum absolute atomic E-state index is 0.186. The van der Waals surface area contributed by atoms with Gasteiger partial charge in [-0.05, 0) is 127 Å². The molecule has 0 amide bonds. The lowest BCUT2D eigenvalue weighted by molar-refractivity contribution is 0.192. The number of halogens is 3. The highest BCUT2D eigenvalue weighted by atomic mass is 35.5. The Morgan fingerprint density at radius 2 is 1.82 bits per heavy atom. The number of amidine groups is 1. The van der Waals surface area contributed by atoms with E-state index in [9.17, 15) is 4.39 Å². The number of benzene rings is 1. The number of piperidine rings is 1. The molecule has 1 aromatic rings. The van der Waals surface area contributed by atoms with E-state index in [0.29, 0.717) is 30.3 Å². The van der Waals surface area contributed by atoms with Crippen molar-refractivity contribution in [3.63, 3.8) is 0 Å². The van der Waals surface area contributed by atoms with E-state index in [0.717, 1.165) is 108 Å². The summed E-state index contributed by atoms with van der Waals surface area (Å²) < 4.78 is 29.7. The molecule has 8 nitrogen and oxygen atoms in total. The van der Waals surface area contributed by atoms with E-state index in [1.54, 1.807) is 25.3 Å². The summed E-state index contributed by atoms with van der Waals surface area (Å²) in [6, 6.07) is 6.57. The SMILES string of the molecule is C=CC(CCC(=C)NC)N1Cc2c(C#CC3CCN(CNCCCCC\C(F)=C/C(=C\C(Cl)=C\C=C(F)\C=C/C=C\C)C(=NCCCCNC)NC=NC)CC3)cccc2C1=C. The number of nitrogens with zero attached hydrogens (tertiary/aromatic N) is 4. The molecular weight excluding hydrogens is 798 g/mol. The number of hydrogen-bond acceptors (Lipinski definition) is 7. The predicted octanol–water partition coefficient (Wildman–Crippen LogP) is 10.2. The molecule has 0 radical (unpaired) electrons. The number of aliphatic imine (C=N–C) groups is 2. The van der Waals surface area contributed by atoms with Gasteiger partial charge in [0.05, 0.1) is 6.34 Å². The van der Waals surface area contributed by atoms with E-state index >= 15 is 4.39 Å². The van der Waals surface area contributed by atoms with Gasteiger partial charge < -0.3 is 26.2 Å². The Hall–Kier alpha value is -4.79. The number of fused-ring (bicyclic) bond motifs is 1. The third-order valence-corrected chi connectivity index (χ3v) is 11.0. The second kappa shape index (κ2) is 30.3. The van der Waals surface area contributed by atoms with E-state index in [4.69, 9.17) is 16.6 Å². The zero-order valence-electron chi connectivity index (χ0n) is 37.7. The van der Waals surface area contributed by atoms with Crippen molar-refractivity contribution in [1.82, 2.24) is 31.1 Å². The summed E-state index contributed by atoms with van der Waals surface area (Å²) >= 11 is 6.51. The zero-order valence-corrected chi connectivity index (χ0v) is 38.5. The zero-order chi connectivity index (χ0) is 45.0. The molecule has 62 heavy (non-hydrogen) atoms. The molecule has 0 saturated carbocycles. The smallest absolute Gasteiger partial charge is 0.133 e. The number of likely N-dealkylation sites (tertiary alicyclic amines) is 1. The second-order valence-corrected chi connectivity index (χ2v) is 15.9. The van der Waals surface area contributed by atoms with Gasteiger partial charge in [0.25, 0.3) is 0 Å². The summed E-state index contributed by atoms with van der Waals surface area (Å²) in [5.74, 6) is 7.24. The molecule has 1 atom stereocenters. The summed E-state index contributed by atoms with van der Waals surface area (Å²) in [7, 11) is 5.46. The predicted molar refractivity (Wildman–Crippen MR) is 262 cm³/mol. The van der Waals surface area contributed by atoms with Crippen molar-refractivity contribution in [2.24, 2.45) is 15.9 Å². The van der Waals surface area contributed by atoms with Crippen LogP contribution in [0.25, 0.3) is 5.70 Å². The molecule has 1 aromatic carbocycles. The van der Waals surface area contributed by atoms with Crippen molar-refractivity contribution < 1.29 is 8.78 Å². The Morgan fingerprint density at radius 3 is 2.55 bits per heavy atom. The van der Waals surface area contributed by atoms with Crippen LogP contribution in [-0.2, 0) is 6.54 Å². The largest absolute Gasteiger partial charge is 0.392 e. The number of unbranched alkanes of at least 4 members (excludes halogenated alkanes) is 3. The molecular formula is C51H71ClF2N8. The van der Waals surface area contributed by atoms with Crippen molar-refractivity contribution in [3.05, 3.63) is 137 Å². The molecule has 0 bridgehead atoms. The molecule has 2 heterocycles. The maximum atomic E-state index is 15.5. The molecule has 11 heteroatoms. The summed E-state index contributed by atoms with van der Waals surface area (Å²) in [6.45, 7) is 20.4. The van der Waals surface area contributed by atoms with E-state index in [-0.39, 0.29) is 23.3 Å². The number of nitrogens with one attached hydrogen (secondary N) is 4. The summed E-state index contributed by atoms with van der Waals surface area (Å²) in [4.78, 5) is 13.5. The second-order valence-electron chi connectivity index (χ2n) is 15.5. The van der Waals surface area contributed by atoms with Crippen LogP contribution in [-0.4, -0.2) is 88.6 Å². The minimum atomic E-state index is -0.458. The average Bonchev–Trinajstić information content (AvgIpc) is 3.61. The van der Waals surface area contributed by atoms with Gasteiger partial charge in [0.1, 0.15) is 17.5 Å². The van der Waals surface area contributed by atoms with Crippen LogP contribution >= 0.6 is 11.6 Å². The Bertz CT molecular complexity index is 1900. The first-order chi connectivity index (χ1) is 30.1. The van der Waals surface area contributed by atoms with Gasteiger partial charge in [-0.1, -0.05) is 79.5 Å². The van der Waals surface area contributed by atoms with Gasteiger partial charge in [0, 0.05) is 92.0 Å². The molecule has 1 unspecified atom stereocenters. The van der Waals surface area contributed by atoms with Crippen LogP contribution in [0.1, 0.15) is 87.8 Å². The maximum absolute atomic E-state index is 15.5. The lowest BCUT2D eigenvalue weighted by Crippen LogP contribution is -2.40. The third kappa shape index (κ3) is 19.1. The number of allylic oxidation sites excluding steroid dienone is 11. The van der Waals surface area contributed by atoms with Crippen molar-refractivity contribution in [2.45, 2.75) is 83.7 Å². The highest BCUT2D eigenvalue weighted by Crippen LogP contribution is 2.36. The minimum Gasteiger partial charge on any atom is -0.392 e. The fourth-order valence-electron chi connectivity index (χ4n) is 7.14. The lowest BCUT2D eigenvalue weighted by Gasteiger charge is -2.29. The van der Waals surface area contributed by atoms with Crippen molar-refractivity contribution in [1.29, 1.82) is 0 Å². The van der Waals surface area contributed by atoms with E-state index in [1.807, 2.05) is 33.2 Å². The highest BCUT2D eigenvalue weighted by molar-refractivity contribution is 6.31.